The number of rotatable bonds is 7. The number of fused-ring (bicyclic) bond motifs is 7. The highest BCUT2D eigenvalue weighted by atomic mass is 16.5. The SMILES string of the molecule is CC1(C)[C@@H](OC(=O)[C@@H](N)Cc2ccccc2)CC[C@]2(C)[C@H]3C(=O)C=C4[C@@H]5C[C@@](C)(C(=O)OCc6ccccc6)CC[C@]5(C)CC[C@@]4(C)[C@]3(C)CC[C@@H]12. The first-order valence-electron chi connectivity index (χ1n) is 19.9. The highest BCUT2D eigenvalue weighted by Gasteiger charge is 2.70. The number of allylic oxidation sites excluding steroid dienone is 2. The Bertz CT molecular complexity index is 1740. The van der Waals surface area contributed by atoms with Crippen LogP contribution in [-0.4, -0.2) is 29.9 Å². The van der Waals surface area contributed by atoms with Gasteiger partial charge in [-0.2, -0.15) is 0 Å². The van der Waals surface area contributed by atoms with Crippen LogP contribution in [0.4, 0.5) is 0 Å². The lowest BCUT2D eigenvalue weighted by molar-refractivity contribution is -0.211. The largest absolute Gasteiger partial charge is 0.461 e. The van der Waals surface area contributed by atoms with Crippen molar-refractivity contribution in [3.63, 3.8) is 0 Å². The molecule has 7 rings (SSSR count). The lowest BCUT2D eigenvalue weighted by Gasteiger charge is -2.70. The minimum atomic E-state index is -0.714. The maximum absolute atomic E-state index is 14.9. The molecule has 6 heteroatoms. The maximum atomic E-state index is 14.9. The minimum Gasteiger partial charge on any atom is -0.461 e. The van der Waals surface area contributed by atoms with Crippen molar-refractivity contribution in [1.82, 2.24) is 0 Å². The second kappa shape index (κ2) is 13.0. The summed E-state index contributed by atoms with van der Waals surface area (Å²) in [5.41, 5.74) is 8.28. The van der Waals surface area contributed by atoms with Gasteiger partial charge in [0, 0.05) is 11.3 Å². The number of carbonyl (C=O) groups excluding carboxylic acids is 3. The van der Waals surface area contributed by atoms with Crippen LogP contribution in [-0.2, 0) is 36.9 Å². The van der Waals surface area contributed by atoms with Gasteiger partial charge in [-0.15, -0.1) is 0 Å². The summed E-state index contributed by atoms with van der Waals surface area (Å²) >= 11 is 0. The molecule has 5 aliphatic rings. The van der Waals surface area contributed by atoms with Crippen LogP contribution in [0.25, 0.3) is 0 Å². The molecular weight excluding hydrogens is 647 g/mol. The Labute approximate surface area is 311 Å². The topological polar surface area (TPSA) is 95.7 Å². The van der Waals surface area contributed by atoms with E-state index in [2.05, 4.69) is 54.5 Å². The first-order chi connectivity index (χ1) is 24.5. The monoisotopic (exact) mass is 707 g/mol. The Morgan fingerprint density at radius 1 is 0.808 bits per heavy atom. The number of esters is 2. The van der Waals surface area contributed by atoms with Gasteiger partial charge in [0.25, 0.3) is 0 Å². The maximum Gasteiger partial charge on any atom is 0.323 e. The van der Waals surface area contributed by atoms with Crippen LogP contribution in [0.1, 0.15) is 117 Å². The molecule has 0 unspecified atom stereocenters. The van der Waals surface area contributed by atoms with Crippen molar-refractivity contribution in [1.29, 1.82) is 0 Å². The Balaban J connectivity index is 1.13. The van der Waals surface area contributed by atoms with Gasteiger partial charge in [-0.1, -0.05) is 108 Å². The summed E-state index contributed by atoms with van der Waals surface area (Å²) in [5.74, 6) is 0.0808. The van der Waals surface area contributed by atoms with Crippen LogP contribution >= 0.6 is 0 Å². The van der Waals surface area contributed by atoms with Crippen LogP contribution in [0.5, 0.6) is 0 Å². The number of carbonyl (C=O) groups is 3. The van der Waals surface area contributed by atoms with E-state index in [1.54, 1.807) is 0 Å². The van der Waals surface area contributed by atoms with E-state index in [9.17, 15) is 14.4 Å². The predicted molar refractivity (Wildman–Crippen MR) is 204 cm³/mol. The van der Waals surface area contributed by atoms with E-state index in [0.29, 0.717) is 6.42 Å². The molecule has 0 saturated heterocycles. The van der Waals surface area contributed by atoms with Crippen LogP contribution in [0.2, 0.25) is 0 Å². The van der Waals surface area contributed by atoms with Gasteiger partial charge in [-0.3, -0.25) is 14.4 Å². The van der Waals surface area contributed by atoms with Crippen molar-refractivity contribution in [2.24, 2.45) is 56.0 Å². The lowest BCUT2D eigenvalue weighted by atomic mass is 9.33. The van der Waals surface area contributed by atoms with Gasteiger partial charge in [-0.05, 0) is 122 Å². The van der Waals surface area contributed by atoms with Crippen LogP contribution < -0.4 is 5.73 Å². The third kappa shape index (κ3) is 5.81. The molecular formula is C46H61NO5. The Hall–Kier alpha value is -3.25. The average Bonchev–Trinajstić information content (AvgIpc) is 3.10. The molecule has 0 amide bonds. The first-order valence-corrected chi connectivity index (χ1v) is 19.9. The third-order valence-corrected chi connectivity index (χ3v) is 16.1. The summed E-state index contributed by atoms with van der Waals surface area (Å²) in [6.07, 6.45) is 10.4. The molecule has 2 aromatic rings. The predicted octanol–water partition coefficient (Wildman–Crippen LogP) is 9.19. The Kier molecular flexibility index (Phi) is 9.24. The average molecular weight is 708 g/mol. The number of nitrogens with two attached hydrogens (primary N) is 1. The smallest absolute Gasteiger partial charge is 0.323 e. The second-order valence-electron chi connectivity index (χ2n) is 19.4. The van der Waals surface area contributed by atoms with Crippen molar-refractivity contribution in [3.05, 3.63) is 83.4 Å². The minimum absolute atomic E-state index is 0.0560. The molecule has 0 heterocycles. The van der Waals surface area contributed by atoms with E-state index in [1.807, 2.05) is 60.7 Å². The zero-order valence-corrected chi connectivity index (χ0v) is 32.6. The summed E-state index contributed by atoms with van der Waals surface area (Å²) in [6.45, 7) is 16.5. The molecule has 6 nitrogen and oxygen atoms in total. The highest BCUT2D eigenvalue weighted by molar-refractivity contribution is 5.95. The molecule has 5 aliphatic carbocycles. The van der Waals surface area contributed by atoms with Crippen molar-refractivity contribution in [2.45, 2.75) is 131 Å². The van der Waals surface area contributed by atoms with Crippen molar-refractivity contribution < 1.29 is 23.9 Å². The molecule has 2 aromatic carbocycles. The first kappa shape index (κ1) is 37.1. The van der Waals surface area contributed by atoms with E-state index in [-0.39, 0.29) is 75.3 Å². The summed E-state index contributed by atoms with van der Waals surface area (Å²) in [5, 5.41) is 0. The van der Waals surface area contributed by atoms with Crippen LogP contribution in [0.3, 0.4) is 0 Å². The van der Waals surface area contributed by atoms with Crippen LogP contribution in [0.15, 0.2) is 72.3 Å². The van der Waals surface area contributed by atoms with Crippen molar-refractivity contribution >= 4 is 17.7 Å². The molecule has 4 fully saturated rings. The van der Waals surface area contributed by atoms with Crippen molar-refractivity contribution in [3.8, 4) is 0 Å². The summed E-state index contributed by atoms with van der Waals surface area (Å²) < 4.78 is 12.3. The number of benzene rings is 2. The normalized spacial score (nSPS) is 39.8. The molecule has 0 bridgehead atoms. The fourth-order valence-corrected chi connectivity index (χ4v) is 12.6. The van der Waals surface area contributed by atoms with Gasteiger partial charge in [0.1, 0.15) is 18.8 Å². The van der Waals surface area contributed by atoms with Crippen LogP contribution in [0, 0.1) is 50.2 Å². The molecule has 52 heavy (non-hydrogen) atoms. The quantitative estimate of drug-likeness (QED) is 0.289. The van der Waals surface area contributed by atoms with E-state index in [0.717, 1.165) is 68.9 Å². The third-order valence-electron chi connectivity index (χ3n) is 16.1. The number of ether oxygens (including phenoxy) is 2. The fourth-order valence-electron chi connectivity index (χ4n) is 12.6. The summed E-state index contributed by atoms with van der Waals surface area (Å²) in [6, 6.07) is 19.1. The molecule has 0 aliphatic heterocycles. The number of hydrogen-bond donors (Lipinski definition) is 1. The number of ketones is 1. The summed E-state index contributed by atoms with van der Waals surface area (Å²) in [7, 11) is 0. The van der Waals surface area contributed by atoms with E-state index >= 15 is 0 Å². The zero-order valence-electron chi connectivity index (χ0n) is 32.6. The molecule has 280 valence electrons. The molecule has 10 atom stereocenters. The Morgan fingerprint density at radius 3 is 2.12 bits per heavy atom. The van der Waals surface area contributed by atoms with E-state index < -0.39 is 11.5 Å². The zero-order chi connectivity index (χ0) is 37.3. The van der Waals surface area contributed by atoms with E-state index in [4.69, 9.17) is 15.2 Å². The van der Waals surface area contributed by atoms with Gasteiger partial charge in [0.05, 0.1) is 5.41 Å². The second-order valence-corrected chi connectivity index (χ2v) is 19.4. The molecule has 0 radical (unpaired) electrons. The molecule has 4 saturated carbocycles. The lowest BCUT2D eigenvalue weighted by Crippen LogP contribution is -2.67. The standard InChI is InChI=1S/C46H61NO5/c1-41(2)36-18-21-46(7)38(44(36,5)20-19-37(41)52-39(49)34(47)26-30-14-10-8-11-15-30)35(48)27-32-33-28-43(4,23-22-42(33,3)24-25-45(32,46)6)40(50)51-29-31-16-12-9-13-17-31/h8-17,27,33-34,36-38H,18-26,28-29,47H2,1-7H3/t33-,34-,36-,37-,38+,42+,43-,44-,45+,46+/m0/s1. The molecule has 2 N–H and O–H groups in total. The van der Waals surface area contributed by atoms with Gasteiger partial charge >= 0.3 is 11.9 Å². The fraction of sp³-hybridized carbons (Fsp3) is 0.630. The number of hydrogen-bond acceptors (Lipinski definition) is 6. The van der Waals surface area contributed by atoms with E-state index in [1.165, 1.54) is 5.57 Å². The van der Waals surface area contributed by atoms with Gasteiger partial charge in [0.2, 0.25) is 0 Å². The summed E-state index contributed by atoms with van der Waals surface area (Å²) in [4.78, 5) is 42.0. The molecule has 0 spiro atoms. The van der Waals surface area contributed by atoms with Gasteiger partial charge < -0.3 is 15.2 Å². The van der Waals surface area contributed by atoms with Gasteiger partial charge in [0.15, 0.2) is 5.78 Å². The highest BCUT2D eigenvalue weighted by Crippen LogP contribution is 2.75. The Morgan fingerprint density at radius 2 is 1.44 bits per heavy atom. The van der Waals surface area contributed by atoms with Crippen molar-refractivity contribution in [2.75, 3.05) is 0 Å². The molecule has 0 aromatic heterocycles. The van der Waals surface area contributed by atoms with Gasteiger partial charge in [-0.25, -0.2) is 0 Å².